The van der Waals surface area contributed by atoms with E-state index in [2.05, 4.69) is 4.99 Å². The van der Waals surface area contributed by atoms with E-state index in [1.807, 2.05) is 31.2 Å². The van der Waals surface area contributed by atoms with Crippen LogP contribution in [0.25, 0.3) is 6.08 Å². The van der Waals surface area contributed by atoms with Crippen LogP contribution >= 0.6 is 22.9 Å². The van der Waals surface area contributed by atoms with Crippen LogP contribution in [0.2, 0.25) is 5.02 Å². The SMILES string of the molecule is CCOC(=O)C1=C(C)N=c2sc(=Cc3cc(Cl)ccc3OCCOCCOc3ccc(C)cc3)c(=O)n2C1c1ccc(OC)c(OC)c1. The molecular formula is C36H37ClN2O8S. The summed E-state index contributed by atoms with van der Waals surface area (Å²) in [6.45, 7) is 7.08. The third-order valence-electron chi connectivity index (χ3n) is 7.50. The summed E-state index contributed by atoms with van der Waals surface area (Å²) in [6.07, 6.45) is 1.72. The summed E-state index contributed by atoms with van der Waals surface area (Å²) >= 11 is 7.57. The first kappa shape index (κ1) is 34.7. The quantitative estimate of drug-likeness (QED) is 0.130. The van der Waals surface area contributed by atoms with Gasteiger partial charge in [-0.25, -0.2) is 9.79 Å². The molecule has 5 rings (SSSR count). The van der Waals surface area contributed by atoms with Gasteiger partial charge in [-0.15, -0.1) is 0 Å². The monoisotopic (exact) mass is 692 g/mol. The van der Waals surface area contributed by atoms with Gasteiger partial charge in [-0.05, 0) is 74.9 Å². The lowest BCUT2D eigenvalue weighted by molar-refractivity contribution is -0.139. The fraction of sp³-hybridized carbons (Fsp3) is 0.306. The van der Waals surface area contributed by atoms with Gasteiger partial charge in [0.25, 0.3) is 5.56 Å². The third kappa shape index (κ3) is 7.92. The molecule has 0 radical (unpaired) electrons. The summed E-state index contributed by atoms with van der Waals surface area (Å²) in [6, 6.07) is 17.5. The summed E-state index contributed by atoms with van der Waals surface area (Å²) in [5, 5.41) is 0.481. The number of aromatic nitrogens is 1. The smallest absolute Gasteiger partial charge is 0.338 e. The number of rotatable bonds is 14. The van der Waals surface area contributed by atoms with Gasteiger partial charge in [-0.2, -0.15) is 0 Å². The van der Waals surface area contributed by atoms with Crippen molar-refractivity contribution in [3.8, 4) is 23.0 Å². The highest BCUT2D eigenvalue weighted by molar-refractivity contribution is 7.07. The fourth-order valence-electron chi connectivity index (χ4n) is 5.20. The van der Waals surface area contributed by atoms with Crippen molar-refractivity contribution in [3.63, 3.8) is 0 Å². The van der Waals surface area contributed by atoms with Crippen LogP contribution in [0, 0.1) is 6.92 Å². The van der Waals surface area contributed by atoms with Crippen LogP contribution < -0.4 is 33.8 Å². The number of thiazole rings is 1. The van der Waals surface area contributed by atoms with Crippen molar-refractivity contribution >= 4 is 35.0 Å². The van der Waals surface area contributed by atoms with Gasteiger partial charge in [0.05, 0.1) is 55.9 Å². The molecule has 1 atom stereocenters. The largest absolute Gasteiger partial charge is 0.493 e. The Kier molecular flexibility index (Phi) is 11.6. The average molecular weight is 693 g/mol. The molecule has 3 aromatic carbocycles. The Labute approximate surface area is 287 Å². The standard InChI is InChI=1S/C36H37ClN2O8S/c1-6-45-35(41)32-23(3)38-36-39(33(32)24-9-13-29(42-4)30(20-24)43-5)34(40)31(48-36)21-25-19-26(37)10-14-28(25)47-18-16-44-15-17-46-27-11-7-22(2)8-12-27/h7-14,19-21,33H,6,15-18H2,1-5H3. The number of hydrogen-bond donors (Lipinski definition) is 0. The number of hydrogen-bond acceptors (Lipinski definition) is 10. The van der Waals surface area contributed by atoms with Crippen LogP contribution in [-0.2, 0) is 14.3 Å². The number of halogens is 1. The second kappa shape index (κ2) is 16.0. The van der Waals surface area contributed by atoms with Gasteiger partial charge < -0.3 is 28.4 Å². The molecule has 1 unspecified atom stereocenters. The number of esters is 1. The molecule has 48 heavy (non-hydrogen) atoms. The molecule has 1 aliphatic heterocycles. The molecule has 0 aliphatic carbocycles. The highest BCUT2D eigenvalue weighted by Gasteiger charge is 2.34. The second-order valence-corrected chi connectivity index (χ2v) is 12.2. The molecular weight excluding hydrogens is 656 g/mol. The Balaban J connectivity index is 1.40. The first-order chi connectivity index (χ1) is 23.2. The number of allylic oxidation sites excluding steroid dienone is 1. The minimum Gasteiger partial charge on any atom is -0.493 e. The number of methoxy groups -OCH3 is 2. The van der Waals surface area contributed by atoms with Crippen molar-refractivity contribution in [2.45, 2.75) is 26.8 Å². The van der Waals surface area contributed by atoms with E-state index in [1.54, 1.807) is 56.3 Å². The molecule has 0 spiro atoms. The molecule has 2 heterocycles. The zero-order valence-electron chi connectivity index (χ0n) is 27.4. The van der Waals surface area contributed by atoms with Crippen LogP contribution in [0.1, 0.15) is 36.6 Å². The zero-order chi connectivity index (χ0) is 34.2. The van der Waals surface area contributed by atoms with E-state index in [1.165, 1.54) is 35.7 Å². The Hall–Kier alpha value is -4.58. The van der Waals surface area contributed by atoms with Crippen molar-refractivity contribution < 1.29 is 33.2 Å². The number of nitrogens with zero attached hydrogens (tertiary/aromatic N) is 2. The summed E-state index contributed by atoms with van der Waals surface area (Å²) in [5.74, 6) is 1.74. The Morgan fingerprint density at radius 1 is 0.917 bits per heavy atom. The van der Waals surface area contributed by atoms with E-state index in [9.17, 15) is 9.59 Å². The van der Waals surface area contributed by atoms with Gasteiger partial charge >= 0.3 is 5.97 Å². The Morgan fingerprint density at radius 2 is 1.62 bits per heavy atom. The average Bonchev–Trinajstić information content (AvgIpc) is 3.38. The highest BCUT2D eigenvalue weighted by atomic mass is 35.5. The summed E-state index contributed by atoms with van der Waals surface area (Å²) in [5.41, 5.74) is 2.79. The number of aryl methyl sites for hydroxylation is 1. The van der Waals surface area contributed by atoms with Crippen molar-refractivity contribution in [1.29, 1.82) is 0 Å². The van der Waals surface area contributed by atoms with Crippen LogP contribution in [0.4, 0.5) is 0 Å². The van der Waals surface area contributed by atoms with Gasteiger partial charge in [0.1, 0.15) is 24.7 Å². The lowest BCUT2D eigenvalue weighted by Gasteiger charge is -2.25. The van der Waals surface area contributed by atoms with Gasteiger partial charge in [-0.1, -0.05) is 46.7 Å². The molecule has 1 aromatic heterocycles. The van der Waals surface area contributed by atoms with Crippen LogP contribution in [0.15, 0.2) is 81.7 Å². The highest BCUT2D eigenvalue weighted by Crippen LogP contribution is 2.36. The minimum absolute atomic E-state index is 0.169. The maximum Gasteiger partial charge on any atom is 0.338 e. The van der Waals surface area contributed by atoms with Crippen molar-refractivity contribution in [3.05, 3.63) is 113 Å². The topological polar surface area (TPSA) is 107 Å². The predicted octanol–water partition coefficient (Wildman–Crippen LogP) is 5.25. The first-order valence-electron chi connectivity index (χ1n) is 15.3. The number of carbonyl (C=O) groups excluding carboxylic acids is 1. The van der Waals surface area contributed by atoms with Crippen LogP contribution in [-0.4, -0.2) is 57.8 Å². The van der Waals surface area contributed by atoms with Crippen LogP contribution in [0.5, 0.6) is 23.0 Å². The third-order valence-corrected chi connectivity index (χ3v) is 8.72. The predicted molar refractivity (Wildman–Crippen MR) is 184 cm³/mol. The Bertz CT molecular complexity index is 1980. The van der Waals surface area contributed by atoms with Gasteiger partial charge in [0.2, 0.25) is 0 Å². The summed E-state index contributed by atoms with van der Waals surface area (Å²) < 4.78 is 35.7. The molecule has 12 heteroatoms. The minimum atomic E-state index is -0.815. The lowest BCUT2D eigenvalue weighted by Crippen LogP contribution is -2.40. The molecule has 0 N–H and O–H groups in total. The van der Waals surface area contributed by atoms with E-state index < -0.39 is 12.0 Å². The van der Waals surface area contributed by atoms with Crippen molar-refractivity contribution in [1.82, 2.24) is 4.57 Å². The lowest BCUT2D eigenvalue weighted by atomic mass is 9.95. The molecule has 0 fully saturated rings. The molecule has 0 bridgehead atoms. The van der Waals surface area contributed by atoms with E-state index in [0.717, 1.165) is 5.75 Å². The van der Waals surface area contributed by atoms with Gasteiger partial charge in [0, 0.05) is 10.6 Å². The van der Waals surface area contributed by atoms with Crippen molar-refractivity contribution in [2.75, 3.05) is 47.3 Å². The molecule has 10 nitrogen and oxygen atoms in total. The van der Waals surface area contributed by atoms with E-state index in [0.29, 0.717) is 68.2 Å². The van der Waals surface area contributed by atoms with Crippen molar-refractivity contribution in [2.24, 2.45) is 4.99 Å². The molecule has 252 valence electrons. The number of carbonyl (C=O) groups is 1. The summed E-state index contributed by atoms with van der Waals surface area (Å²) in [7, 11) is 3.07. The van der Waals surface area contributed by atoms with Gasteiger partial charge in [0.15, 0.2) is 16.3 Å². The van der Waals surface area contributed by atoms with Gasteiger partial charge in [-0.3, -0.25) is 9.36 Å². The number of benzene rings is 3. The molecule has 0 saturated carbocycles. The normalized spacial score (nSPS) is 14.3. The number of ether oxygens (including phenoxy) is 6. The maximum absolute atomic E-state index is 14.1. The Morgan fingerprint density at radius 3 is 2.33 bits per heavy atom. The number of fused-ring (bicyclic) bond motifs is 1. The van der Waals surface area contributed by atoms with Crippen LogP contribution in [0.3, 0.4) is 0 Å². The first-order valence-corrected chi connectivity index (χ1v) is 16.5. The van der Waals surface area contributed by atoms with E-state index in [-0.39, 0.29) is 24.3 Å². The van der Waals surface area contributed by atoms with E-state index >= 15 is 0 Å². The summed E-state index contributed by atoms with van der Waals surface area (Å²) in [4.78, 5) is 32.5. The van der Waals surface area contributed by atoms with E-state index in [4.69, 9.17) is 40.0 Å². The zero-order valence-corrected chi connectivity index (χ0v) is 29.0. The molecule has 1 aliphatic rings. The molecule has 0 saturated heterocycles. The fourth-order valence-corrected chi connectivity index (χ4v) is 6.42. The molecule has 0 amide bonds. The second-order valence-electron chi connectivity index (χ2n) is 10.7. The maximum atomic E-state index is 14.1. The molecule has 4 aromatic rings.